The van der Waals surface area contributed by atoms with E-state index in [1.807, 2.05) is 6.92 Å². The molecule has 0 bridgehead atoms. The first-order valence-electron chi connectivity index (χ1n) is 7.02. The van der Waals surface area contributed by atoms with Crippen LogP contribution in [-0.2, 0) is 6.18 Å². The minimum absolute atomic E-state index is 0.0906. The number of hydrogen-bond donors (Lipinski definition) is 0. The van der Waals surface area contributed by atoms with Gasteiger partial charge in [0, 0.05) is 17.1 Å². The number of carbonyl (C=O) groups excluding carboxylic acids is 1. The molecule has 1 aliphatic carbocycles. The molecule has 1 aromatic rings. The summed E-state index contributed by atoms with van der Waals surface area (Å²) in [6, 6.07) is 3.40. The van der Waals surface area contributed by atoms with Crippen LogP contribution in [0.15, 0.2) is 22.7 Å². The molecule has 1 fully saturated rings. The van der Waals surface area contributed by atoms with Gasteiger partial charge in [-0.1, -0.05) is 13.3 Å². The smallest absolute Gasteiger partial charge is 0.336 e. The predicted molar refractivity (Wildman–Crippen MR) is 78.1 cm³/mol. The summed E-state index contributed by atoms with van der Waals surface area (Å²) in [7, 11) is 0. The number of benzene rings is 1. The van der Waals surface area contributed by atoms with Gasteiger partial charge in [0.1, 0.15) is 0 Å². The fourth-order valence-electron chi connectivity index (χ4n) is 2.18. The largest absolute Gasteiger partial charge is 0.416 e. The second-order valence-corrected chi connectivity index (χ2v) is 6.13. The zero-order valence-corrected chi connectivity index (χ0v) is 13.3. The minimum Gasteiger partial charge on any atom is -0.336 e. The van der Waals surface area contributed by atoms with Gasteiger partial charge in [0.05, 0.1) is 11.1 Å². The molecule has 1 saturated carbocycles. The van der Waals surface area contributed by atoms with E-state index in [4.69, 9.17) is 0 Å². The number of amides is 1. The topological polar surface area (TPSA) is 20.3 Å². The third kappa shape index (κ3) is 3.99. The lowest BCUT2D eigenvalue weighted by atomic mass is 10.1. The van der Waals surface area contributed by atoms with E-state index < -0.39 is 11.7 Å². The van der Waals surface area contributed by atoms with Crippen LogP contribution in [0.5, 0.6) is 0 Å². The lowest BCUT2D eigenvalue weighted by Crippen LogP contribution is -2.34. The van der Waals surface area contributed by atoms with Crippen molar-refractivity contribution in [2.75, 3.05) is 6.54 Å². The summed E-state index contributed by atoms with van der Waals surface area (Å²) in [4.78, 5) is 14.3. The summed E-state index contributed by atoms with van der Waals surface area (Å²) in [6.45, 7) is 2.62. The van der Waals surface area contributed by atoms with Gasteiger partial charge in [-0.15, -0.1) is 0 Å². The van der Waals surface area contributed by atoms with Crippen molar-refractivity contribution in [3.05, 3.63) is 33.8 Å². The Morgan fingerprint density at radius 2 is 2.05 bits per heavy atom. The quantitative estimate of drug-likeness (QED) is 0.730. The van der Waals surface area contributed by atoms with Crippen LogP contribution in [0.3, 0.4) is 0 Å². The number of nitrogens with zero attached hydrogens (tertiary/aromatic N) is 1. The van der Waals surface area contributed by atoms with Gasteiger partial charge < -0.3 is 4.90 Å². The second-order valence-electron chi connectivity index (χ2n) is 5.28. The Balaban J connectivity index is 2.28. The number of rotatable bonds is 5. The predicted octanol–water partition coefficient (Wildman–Crippen LogP) is 4.87. The van der Waals surface area contributed by atoms with Crippen LogP contribution < -0.4 is 0 Å². The first-order valence-corrected chi connectivity index (χ1v) is 7.81. The normalized spacial score (nSPS) is 15.1. The molecule has 0 spiro atoms. The van der Waals surface area contributed by atoms with E-state index >= 15 is 0 Å². The average Bonchev–Trinajstić information content (AvgIpc) is 3.22. The van der Waals surface area contributed by atoms with Crippen molar-refractivity contribution in [3.63, 3.8) is 0 Å². The standard InChI is InChI=1S/C15H17BrF3NO/c1-2-3-8-20(11-5-6-11)14(21)12-9-10(15(17,18)19)4-7-13(12)16/h4,7,9,11H,2-3,5-6,8H2,1H3. The highest BCUT2D eigenvalue weighted by molar-refractivity contribution is 9.10. The van der Waals surface area contributed by atoms with E-state index in [9.17, 15) is 18.0 Å². The molecule has 0 radical (unpaired) electrons. The molecule has 0 atom stereocenters. The fraction of sp³-hybridized carbons (Fsp3) is 0.533. The van der Waals surface area contributed by atoms with Crippen molar-refractivity contribution in [1.82, 2.24) is 4.90 Å². The number of hydrogen-bond acceptors (Lipinski definition) is 1. The molecule has 0 unspecified atom stereocenters. The maximum absolute atomic E-state index is 12.8. The highest BCUT2D eigenvalue weighted by Crippen LogP contribution is 2.34. The lowest BCUT2D eigenvalue weighted by Gasteiger charge is -2.23. The highest BCUT2D eigenvalue weighted by atomic mass is 79.9. The van der Waals surface area contributed by atoms with Crippen molar-refractivity contribution in [2.45, 2.75) is 44.8 Å². The molecule has 0 saturated heterocycles. The lowest BCUT2D eigenvalue weighted by molar-refractivity contribution is -0.137. The third-order valence-corrected chi connectivity index (χ3v) is 4.22. The molecule has 2 rings (SSSR count). The maximum Gasteiger partial charge on any atom is 0.416 e. The summed E-state index contributed by atoms with van der Waals surface area (Å²) in [6.07, 6.45) is -0.763. The summed E-state index contributed by atoms with van der Waals surface area (Å²) in [5, 5.41) is 0. The Kier molecular flexibility index (Phi) is 4.96. The van der Waals surface area contributed by atoms with Crippen molar-refractivity contribution in [2.24, 2.45) is 0 Å². The molecule has 1 amide bonds. The van der Waals surface area contributed by atoms with E-state index in [1.165, 1.54) is 6.07 Å². The van der Waals surface area contributed by atoms with Crippen LogP contribution in [-0.4, -0.2) is 23.4 Å². The van der Waals surface area contributed by atoms with Crippen molar-refractivity contribution in [1.29, 1.82) is 0 Å². The zero-order valence-electron chi connectivity index (χ0n) is 11.7. The first-order chi connectivity index (χ1) is 9.84. The van der Waals surface area contributed by atoms with Gasteiger partial charge in [0.15, 0.2) is 0 Å². The van der Waals surface area contributed by atoms with Crippen LogP contribution in [0.25, 0.3) is 0 Å². The fourth-order valence-corrected chi connectivity index (χ4v) is 2.60. The SMILES string of the molecule is CCCCN(C(=O)c1cc(C(F)(F)F)ccc1Br)C1CC1. The molecule has 0 aromatic heterocycles. The first kappa shape index (κ1) is 16.3. The van der Waals surface area contributed by atoms with Gasteiger partial charge in [-0.3, -0.25) is 4.79 Å². The van der Waals surface area contributed by atoms with Crippen LogP contribution in [0.4, 0.5) is 13.2 Å². The summed E-state index contributed by atoms with van der Waals surface area (Å²) < 4.78 is 38.8. The van der Waals surface area contributed by atoms with Crippen molar-refractivity contribution < 1.29 is 18.0 Å². The van der Waals surface area contributed by atoms with Gasteiger partial charge in [0.25, 0.3) is 5.91 Å². The summed E-state index contributed by atoms with van der Waals surface area (Å²) in [5.41, 5.74) is -0.701. The minimum atomic E-state index is -4.44. The Hall–Kier alpha value is -1.04. The molecule has 2 nitrogen and oxygen atoms in total. The average molecular weight is 364 g/mol. The van der Waals surface area contributed by atoms with E-state index in [0.717, 1.165) is 37.8 Å². The third-order valence-electron chi connectivity index (χ3n) is 3.53. The van der Waals surface area contributed by atoms with Gasteiger partial charge >= 0.3 is 6.18 Å². The molecule has 116 valence electrons. The van der Waals surface area contributed by atoms with E-state index in [-0.39, 0.29) is 17.5 Å². The number of halogens is 4. The van der Waals surface area contributed by atoms with E-state index in [0.29, 0.717) is 11.0 Å². The van der Waals surface area contributed by atoms with Crippen LogP contribution >= 0.6 is 15.9 Å². The molecule has 21 heavy (non-hydrogen) atoms. The van der Waals surface area contributed by atoms with Gasteiger partial charge in [-0.2, -0.15) is 13.2 Å². The number of unbranched alkanes of at least 4 members (excludes halogenated alkanes) is 1. The van der Waals surface area contributed by atoms with Crippen LogP contribution in [0.1, 0.15) is 48.5 Å². The summed E-state index contributed by atoms with van der Waals surface area (Å²) >= 11 is 3.19. The van der Waals surface area contributed by atoms with Crippen molar-refractivity contribution >= 4 is 21.8 Å². The maximum atomic E-state index is 12.8. The molecular weight excluding hydrogens is 347 g/mol. The highest BCUT2D eigenvalue weighted by Gasteiger charge is 2.35. The van der Waals surface area contributed by atoms with Gasteiger partial charge in [-0.05, 0) is 53.4 Å². The molecule has 0 heterocycles. The second kappa shape index (κ2) is 6.38. The number of carbonyl (C=O) groups is 1. The van der Waals surface area contributed by atoms with E-state index in [2.05, 4.69) is 15.9 Å². The molecule has 1 aromatic carbocycles. The van der Waals surface area contributed by atoms with E-state index in [1.54, 1.807) is 4.90 Å². The molecular formula is C15H17BrF3NO. The van der Waals surface area contributed by atoms with Crippen LogP contribution in [0, 0.1) is 0 Å². The molecule has 1 aliphatic rings. The monoisotopic (exact) mass is 363 g/mol. The Bertz CT molecular complexity index is 526. The Morgan fingerprint density at radius 1 is 1.38 bits per heavy atom. The Morgan fingerprint density at radius 3 is 2.57 bits per heavy atom. The Labute approximate surface area is 130 Å². The van der Waals surface area contributed by atoms with Crippen molar-refractivity contribution in [3.8, 4) is 0 Å². The van der Waals surface area contributed by atoms with Gasteiger partial charge in [0.2, 0.25) is 0 Å². The molecule has 6 heteroatoms. The van der Waals surface area contributed by atoms with Crippen LogP contribution in [0.2, 0.25) is 0 Å². The summed E-state index contributed by atoms with van der Waals surface area (Å²) in [5.74, 6) is -0.316. The zero-order chi connectivity index (χ0) is 15.6. The molecule has 0 aliphatic heterocycles. The van der Waals surface area contributed by atoms with Gasteiger partial charge in [-0.25, -0.2) is 0 Å². The number of alkyl halides is 3. The molecule has 0 N–H and O–H groups in total.